The average Bonchev–Trinajstić information content (AvgIpc) is 3.08. The predicted molar refractivity (Wildman–Crippen MR) is 112 cm³/mol. The Balaban J connectivity index is 1.98. The van der Waals surface area contributed by atoms with Gasteiger partial charge in [-0.3, -0.25) is 4.79 Å². The van der Waals surface area contributed by atoms with Crippen molar-refractivity contribution in [3.8, 4) is 11.6 Å². The van der Waals surface area contributed by atoms with E-state index in [4.69, 9.17) is 18.9 Å². The van der Waals surface area contributed by atoms with Crippen LogP contribution in [0.1, 0.15) is 25.3 Å². The van der Waals surface area contributed by atoms with E-state index in [9.17, 15) is 26.7 Å². The van der Waals surface area contributed by atoms with Gasteiger partial charge in [-0.25, -0.2) is 4.39 Å². The van der Waals surface area contributed by atoms with Gasteiger partial charge in [0.25, 0.3) is 5.91 Å². The highest BCUT2D eigenvalue weighted by Gasteiger charge is 2.65. The molecule has 0 aliphatic carbocycles. The molecule has 1 aliphatic rings. The Bertz CT molecular complexity index is 1070. The molecule has 8 nitrogen and oxygen atoms in total. The Morgan fingerprint density at radius 2 is 1.94 bits per heavy atom. The lowest BCUT2D eigenvalue weighted by molar-refractivity contribution is -0.272. The number of alkyl halides is 3. The smallest absolute Gasteiger partial charge is 0.417 e. The van der Waals surface area contributed by atoms with Gasteiger partial charge in [-0.1, -0.05) is 13.0 Å². The van der Waals surface area contributed by atoms with E-state index in [1.165, 1.54) is 20.1 Å². The molecule has 1 aromatic heterocycles. The Hall–Kier alpha value is -3.06. The molecule has 0 bridgehead atoms. The molecule has 192 valence electrons. The number of halogens is 5. The maximum absolute atomic E-state index is 14.4. The van der Waals surface area contributed by atoms with Crippen LogP contribution in [-0.4, -0.2) is 61.4 Å². The molecule has 3 rings (SSSR count). The van der Waals surface area contributed by atoms with Crippen LogP contribution in [0.25, 0.3) is 0 Å². The van der Waals surface area contributed by atoms with Gasteiger partial charge >= 0.3 is 6.18 Å². The number of rotatable bonds is 8. The highest BCUT2D eigenvalue weighted by Crippen LogP contribution is 2.55. The first-order valence-corrected chi connectivity index (χ1v) is 10.5. The summed E-state index contributed by atoms with van der Waals surface area (Å²) in [5.74, 6) is -6.86. The number of ether oxygens (including phenoxy) is 4. The van der Waals surface area contributed by atoms with Gasteiger partial charge in [0.15, 0.2) is 17.2 Å². The van der Waals surface area contributed by atoms with Crippen molar-refractivity contribution in [2.45, 2.75) is 37.6 Å². The van der Waals surface area contributed by atoms with Crippen molar-refractivity contribution >= 4 is 11.6 Å². The molecular formula is C22H24F5N3O5. The van der Waals surface area contributed by atoms with Crippen LogP contribution >= 0.6 is 0 Å². The third kappa shape index (κ3) is 5.15. The minimum atomic E-state index is -4.87. The molecule has 1 amide bonds. The van der Waals surface area contributed by atoms with Gasteiger partial charge < -0.3 is 24.3 Å². The Kier molecular flexibility index (Phi) is 7.80. The van der Waals surface area contributed by atoms with E-state index >= 15 is 0 Å². The standard InChI is InChI=1S/C22H24F5N3O5/c1-11-16(13-5-6-14(23)17(24)18(13)33-4)19(35-21(11,2)22(25,26)27)20(31)29-12-9-15(30-28-10-12)34-8-7-32-3/h5-6,9-11,16,19H,7-8H2,1-4H3,(H,29,30,31)/t11-,16-,19+,21+/m1/s1. The van der Waals surface area contributed by atoms with Crippen LogP contribution in [-0.2, 0) is 14.3 Å². The molecule has 35 heavy (non-hydrogen) atoms. The van der Waals surface area contributed by atoms with Crippen LogP contribution in [0.15, 0.2) is 24.4 Å². The molecule has 1 fully saturated rings. The summed E-state index contributed by atoms with van der Waals surface area (Å²) in [4.78, 5) is 13.2. The van der Waals surface area contributed by atoms with E-state index in [0.717, 1.165) is 32.4 Å². The van der Waals surface area contributed by atoms with E-state index in [1.807, 2.05) is 0 Å². The monoisotopic (exact) mass is 505 g/mol. The fourth-order valence-corrected chi connectivity index (χ4v) is 3.97. The van der Waals surface area contributed by atoms with E-state index in [2.05, 4.69) is 15.5 Å². The predicted octanol–water partition coefficient (Wildman–Crippen LogP) is 3.87. The molecule has 1 aliphatic heterocycles. The Morgan fingerprint density at radius 3 is 2.57 bits per heavy atom. The topological polar surface area (TPSA) is 91.8 Å². The number of hydrogen-bond donors (Lipinski definition) is 1. The van der Waals surface area contributed by atoms with Crippen molar-refractivity contribution in [2.75, 3.05) is 32.8 Å². The third-order valence-corrected chi connectivity index (χ3v) is 6.01. The first kappa shape index (κ1) is 26.5. The SMILES string of the molecule is COCCOc1cc(NC(=O)[C@H]2O[C@](C)(C(F)(F)F)[C@H](C)[C@@H]2c2ccc(F)c(F)c2OC)cnn1. The molecular weight excluding hydrogens is 481 g/mol. The molecule has 4 atom stereocenters. The van der Waals surface area contributed by atoms with Crippen LogP contribution in [0, 0.1) is 17.6 Å². The summed E-state index contributed by atoms with van der Waals surface area (Å²) in [6, 6.07) is 3.16. The number of methoxy groups -OCH3 is 2. The number of nitrogens with zero attached hydrogens (tertiary/aromatic N) is 2. The zero-order valence-electron chi connectivity index (χ0n) is 19.3. The van der Waals surface area contributed by atoms with E-state index in [0.29, 0.717) is 0 Å². The summed E-state index contributed by atoms with van der Waals surface area (Å²) in [5.41, 5.74) is -2.82. The summed E-state index contributed by atoms with van der Waals surface area (Å²) < 4.78 is 90.7. The van der Waals surface area contributed by atoms with Crippen LogP contribution in [0.3, 0.4) is 0 Å². The maximum atomic E-state index is 14.4. The third-order valence-electron chi connectivity index (χ3n) is 6.01. The maximum Gasteiger partial charge on any atom is 0.417 e. The highest BCUT2D eigenvalue weighted by atomic mass is 19.4. The zero-order valence-corrected chi connectivity index (χ0v) is 19.3. The molecule has 2 aromatic rings. The summed E-state index contributed by atoms with van der Waals surface area (Å²) in [5, 5.41) is 9.86. The number of nitrogens with one attached hydrogen (secondary N) is 1. The lowest BCUT2D eigenvalue weighted by atomic mass is 9.77. The fourth-order valence-electron chi connectivity index (χ4n) is 3.97. The van der Waals surface area contributed by atoms with Crippen LogP contribution in [0.4, 0.5) is 27.6 Å². The van der Waals surface area contributed by atoms with Crippen LogP contribution in [0.2, 0.25) is 0 Å². The van der Waals surface area contributed by atoms with Gasteiger partial charge in [-0.15, -0.1) is 5.10 Å². The molecule has 1 saturated heterocycles. The van der Waals surface area contributed by atoms with E-state index in [1.54, 1.807) is 0 Å². The molecule has 13 heteroatoms. The van der Waals surface area contributed by atoms with Gasteiger partial charge in [0.1, 0.15) is 12.7 Å². The number of aromatic nitrogens is 2. The number of anilines is 1. The number of amides is 1. The first-order valence-electron chi connectivity index (χ1n) is 10.5. The van der Waals surface area contributed by atoms with Crippen molar-refractivity contribution in [1.82, 2.24) is 10.2 Å². The van der Waals surface area contributed by atoms with E-state index < -0.39 is 53.0 Å². The molecule has 1 N–H and O–H groups in total. The number of carbonyl (C=O) groups excluding carboxylic acids is 1. The quantitative estimate of drug-likeness (QED) is 0.430. The van der Waals surface area contributed by atoms with Gasteiger partial charge in [-0.2, -0.15) is 22.7 Å². The summed E-state index contributed by atoms with van der Waals surface area (Å²) >= 11 is 0. The first-order chi connectivity index (χ1) is 16.4. The van der Waals surface area contributed by atoms with Crippen molar-refractivity contribution in [3.05, 3.63) is 41.6 Å². The second-order valence-electron chi connectivity index (χ2n) is 8.05. The normalized spacial score (nSPS) is 24.3. The molecule has 0 spiro atoms. The molecule has 1 aromatic carbocycles. The molecule has 0 radical (unpaired) electrons. The number of benzene rings is 1. The molecule has 0 saturated carbocycles. The summed E-state index contributed by atoms with van der Waals surface area (Å²) in [6.07, 6.45) is -5.44. The van der Waals surface area contributed by atoms with Gasteiger partial charge in [0.05, 0.1) is 25.6 Å². The van der Waals surface area contributed by atoms with Gasteiger partial charge in [-0.05, 0) is 13.0 Å². The van der Waals surface area contributed by atoms with Crippen molar-refractivity contribution < 1.29 is 45.7 Å². The van der Waals surface area contributed by atoms with Crippen molar-refractivity contribution in [2.24, 2.45) is 5.92 Å². The summed E-state index contributed by atoms with van der Waals surface area (Å²) in [6.45, 7) is 2.44. The van der Waals surface area contributed by atoms with Gasteiger partial charge in [0, 0.05) is 30.6 Å². The largest absolute Gasteiger partial charge is 0.493 e. The van der Waals surface area contributed by atoms with Crippen molar-refractivity contribution in [3.63, 3.8) is 0 Å². The van der Waals surface area contributed by atoms with Crippen molar-refractivity contribution in [1.29, 1.82) is 0 Å². The van der Waals surface area contributed by atoms with Crippen LogP contribution < -0.4 is 14.8 Å². The minimum absolute atomic E-state index is 0.0412. The molecule has 0 unspecified atom stereocenters. The lowest BCUT2D eigenvalue weighted by Crippen LogP contribution is -2.47. The van der Waals surface area contributed by atoms with E-state index in [-0.39, 0.29) is 30.3 Å². The Labute approximate surface area is 197 Å². The summed E-state index contributed by atoms with van der Waals surface area (Å²) in [7, 11) is 2.52. The molecule has 2 heterocycles. The lowest BCUT2D eigenvalue weighted by Gasteiger charge is -2.32. The second kappa shape index (κ2) is 10.3. The second-order valence-corrected chi connectivity index (χ2v) is 8.05. The van der Waals surface area contributed by atoms with Crippen LogP contribution in [0.5, 0.6) is 11.6 Å². The zero-order chi connectivity index (χ0) is 26.0. The number of hydrogen-bond acceptors (Lipinski definition) is 7. The highest BCUT2D eigenvalue weighted by molar-refractivity contribution is 5.95. The minimum Gasteiger partial charge on any atom is -0.493 e. The fraction of sp³-hybridized carbons (Fsp3) is 0.500. The van der Waals surface area contributed by atoms with Gasteiger partial charge in [0.2, 0.25) is 11.7 Å². The average molecular weight is 505 g/mol. The number of carbonyl (C=O) groups is 1. The Morgan fingerprint density at radius 1 is 1.23 bits per heavy atom.